The minimum Gasteiger partial charge on any atom is -0.456 e. The van der Waals surface area contributed by atoms with Gasteiger partial charge in [0.15, 0.2) is 0 Å². The maximum absolute atomic E-state index is 7.13. The standard InChI is InChI=1S/C66H44N2O/c1-5-14-45(15-6-1)49-26-34-55(35-27-49)67(56-36-28-50(29-37-56)46-16-7-2-8-17-46)59-42-53-24-25-54-43-61(60-22-13-23-62-66(60)65(54)64(53)63(44-59)69-62)68(57-38-30-51(31-39-57)47-18-9-3-10-19-47)58-40-32-52(33-41-58)48-20-11-4-12-21-48/h1-44H. The van der Waals surface area contributed by atoms with E-state index in [1.165, 1.54) is 49.9 Å². The first-order chi connectivity index (χ1) is 34.2. The minimum absolute atomic E-state index is 0.845. The van der Waals surface area contributed by atoms with Crippen LogP contribution in [0.25, 0.3) is 76.8 Å². The zero-order chi connectivity index (χ0) is 45.7. The normalized spacial score (nSPS) is 11.6. The first-order valence-corrected chi connectivity index (χ1v) is 23.6. The van der Waals surface area contributed by atoms with E-state index in [1.807, 2.05) is 0 Å². The molecule has 3 heteroatoms. The Kier molecular flexibility index (Phi) is 9.84. The van der Waals surface area contributed by atoms with E-state index >= 15 is 0 Å². The van der Waals surface area contributed by atoms with E-state index < -0.39 is 0 Å². The molecule has 13 rings (SSSR count). The molecule has 0 saturated heterocycles. The Morgan fingerprint density at radius 3 is 1.03 bits per heavy atom. The lowest BCUT2D eigenvalue weighted by Crippen LogP contribution is -2.12. The molecule has 12 aromatic carbocycles. The van der Waals surface area contributed by atoms with Crippen LogP contribution < -0.4 is 14.5 Å². The van der Waals surface area contributed by atoms with E-state index in [0.29, 0.717) is 0 Å². The highest BCUT2D eigenvalue weighted by molar-refractivity contribution is 6.28. The molecule has 1 aliphatic heterocycles. The number of nitrogens with zero attached hydrogens (tertiary/aromatic N) is 2. The van der Waals surface area contributed by atoms with Gasteiger partial charge in [-0.2, -0.15) is 0 Å². The van der Waals surface area contributed by atoms with Crippen LogP contribution in [0.3, 0.4) is 0 Å². The van der Waals surface area contributed by atoms with Gasteiger partial charge in [0, 0.05) is 50.4 Å². The van der Waals surface area contributed by atoms with Gasteiger partial charge in [0.1, 0.15) is 11.5 Å². The molecule has 0 fully saturated rings. The molecule has 1 heterocycles. The first-order valence-electron chi connectivity index (χ1n) is 23.6. The average Bonchev–Trinajstić information content (AvgIpc) is 3.43. The van der Waals surface area contributed by atoms with Crippen LogP contribution in [0.2, 0.25) is 0 Å². The number of hydrogen-bond donors (Lipinski definition) is 0. The summed E-state index contributed by atoms with van der Waals surface area (Å²) < 4.78 is 7.13. The van der Waals surface area contributed by atoms with Crippen LogP contribution in [0.1, 0.15) is 0 Å². The van der Waals surface area contributed by atoms with Crippen molar-refractivity contribution in [2.75, 3.05) is 9.80 Å². The molecule has 69 heavy (non-hydrogen) atoms. The quantitative estimate of drug-likeness (QED) is 0.127. The predicted molar refractivity (Wildman–Crippen MR) is 290 cm³/mol. The molecule has 12 aromatic rings. The second-order valence-corrected chi connectivity index (χ2v) is 17.7. The SMILES string of the molecule is c1ccc(-c2ccc(N(c3ccc(-c4ccccc4)cc3)c3cc4c5c(ccc6cc(N(c7ccc(-c8ccccc8)cc7)c7ccc(-c8ccccc8)cc7)c7cccc(c7c65)O4)c3)cc2)cc1. The Labute approximate surface area is 402 Å². The van der Waals surface area contributed by atoms with Gasteiger partial charge in [0.2, 0.25) is 0 Å². The fraction of sp³-hybridized carbons (Fsp3) is 0. The van der Waals surface area contributed by atoms with Crippen molar-refractivity contribution in [1.29, 1.82) is 0 Å². The summed E-state index contributed by atoms with van der Waals surface area (Å²) in [5, 5.41) is 6.85. The van der Waals surface area contributed by atoms with Crippen molar-refractivity contribution in [3.8, 4) is 56.0 Å². The van der Waals surface area contributed by atoms with Crippen molar-refractivity contribution >= 4 is 66.4 Å². The highest BCUT2D eigenvalue weighted by Gasteiger charge is 2.26. The highest BCUT2D eigenvalue weighted by atomic mass is 16.5. The summed E-state index contributed by atoms with van der Waals surface area (Å²) in [6, 6.07) is 95.9. The predicted octanol–water partition coefficient (Wildman–Crippen LogP) is 18.9. The molecule has 0 atom stereocenters. The molecule has 324 valence electrons. The van der Waals surface area contributed by atoms with Crippen molar-refractivity contribution in [3.05, 3.63) is 267 Å². The number of rotatable bonds is 10. The molecule has 0 saturated carbocycles. The number of ether oxygens (including phenoxy) is 1. The molecule has 0 aromatic heterocycles. The smallest absolute Gasteiger partial charge is 0.138 e. The molecule has 0 N–H and O–H groups in total. The molecule has 0 spiro atoms. The lowest BCUT2D eigenvalue weighted by atomic mass is 9.91. The van der Waals surface area contributed by atoms with Crippen LogP contribution in [0.5, 0.6) is 11.5 Å². The third-order valence-electron chi connectivity index (χ3n) is 13.6. The third kappa shape index (κ3) is 7.25. The second-order valence-electron chi connectivity index (χ2n) is 17.7. The van der Waals surface area contributed by atoms with Crippen molar-refractivity contribution < 1.29 is 4.74 Å². The summed E-state index contributed by atoms with van der Waals surface area (Å²) in [7, 11) is 0. The molecule has 3 nitrogen and oxygen atoms in total. The molecule has 0 bridgehead atoms. The highest BCUT2D eigenvalue weighted by Crippen LogP contribution is 2.53. The zero-order valence-electron chi connectivity index (χ0n) is 37.7. The Morgan fingerprint density at radius 2 is 0.609 bits per heavy atom. The van der Waals surface area contributed by atoms with E-state index in [0.717, 1.165) is 72.6 Å². The Hall–Kier alpha value is -9.18. The van der Waals surface area contributed by atoms with Gasteiger partial charge < -0.3 is 14.5 Å². The summed E-state index contributed by atoms with van der Waals surface area (Å²) >= 11 is 0. The summed E-state index contributed by atoms with van der Waals surface area (Å²) in [6.07, 6.45) is 0. The van der Waals surface area contributed by atoms with Gasteiger partial charge in [-0.15, -0.1) is 0 Å². The first kappa shape index (κ1) is 40.1. The van der Waals surface area contributed by atoms with Gasteiger partial charge in [-0.25, -0.2) is 0 Å². The molecule has 0 unspecified atom stereocenters. The van der Waals surface area contributed by atoms with Crippen molar-refractivity contribution in [3.63, 3.8) is 0 Å². The van der Waals surface area contributed by atoms with Crippen LogP contribution in [-0.2, 0) is 0 Å². The molecule has 0 aliphatic carbocycles. The number of anilines is 6. The lowest BCUT2D eigenvalue weighted by molar-refractivity contribution is 0.493. The van der Waals surface area contributed by atoms with E-state index in [1.54, 1.807) is 0 Å². The fourth-order valence-corrected chi connectivity index (χ4v) is 10.3. The zero-order valence-corrected chi connectivity index (χ0v) is 37.7. The molecular formula is C66H44N2O. The van der Waals surface area contributed by atoms with Crippen LogP contribution in [-0.4, -0.2) is 0 Å². The fourth-order valence-electron chi connectivity index (χ4n) is 10.3. The van der Waals surface area contributed by atoms with Crippen molar-refractivity contribution in [2.24, 2.45) is 0 Å². The minimum atomic E-state index is 0.845. The van der Waals surface area contributed by atoms with E-state index in [2.05, 4.69) is 277 Å². The van der Waals surface area contributed by atoms with Crippen LogP contribution in [0, 0.1) is 0 Å². The maximum Gasteiger partial charge on any atom is 0.138 e. The largest absolute Gasteiger partial charge is 0.456 e. The third-order valence-corrected chi connectivity index (χ3v) is 13.6. The van der Waals surface area contributed by atoms with E-state index in [9.17, 15) is 0 Å². The van der Waals surface area contributed by atoms with E-state index in [-0.39, 0.29) is 0 Å². The van der Waals surface area contributed by atoms with Gasteiger partial charge in [-0.3, -0.25) is 0 Å². The molecule has 0 radical (unpaired) electrons. The Bertz CT molecular complexity index is 3630. The summed E-state index contributed by atoms with van der Waals surface area (Å²) in [6.45, 7) is 0. The molecular weight excluding hydrogens is 837 g/mol. The van der Waals surface area contributed by atoms with Crippen molar-refractivity contribution in [1.82, 2.24) is 0 Å². The van der Waals surface area contributed by atoms with Crippen molar-refractivity contribution in [2.45, 2.75) is 0 Å². The van der Waals surface area contributed by atoms with Gasteiger partial charge >= 0.3 is 0 Å². The van der Waals surface area contributed by atoms with Crippen LogP contribution >= 0.6 is 0 Å². The summed E-state index contributed by atoms with van der Waals surface area (Å²) in [4.78, 5) is 4.74. The molecule has 1 aliphatic rings. The average molecular weight is 881 g/mol. The summed E-state index contributed by atoms with van der Waals surface area (Å²) in [5.41, 5.74) is 15.9. The van der Waals surface area contributed by atoms with Gasteiger partial charge in [0.25, 0.3) is 0 Å². The monoisotopic (exact) mass is 880 g/mol. The Morgan fingerprint density at radius 1 is 0.232 bits per heavy atom. The second kappa shape index (κ2) is 16.9. The topological polar surface area (TPSA) is 15.7 Å². The Balaban J connectivity index is 0.962. The van der Waals surface area contributed by atoms with E-state index in [4.69, 9.17) is 4.74 Å². The molecule has 0 amide bonds. The van der Waals surface area contributed by atoms with Crippen LogP contribution in [0.4, 0.5) is 34.1 Å². The van der Waals surface area contributed by atoms with Crippen LogP contribution in [0.15, 0.2) is 267 Å². The van der Waals surface area contributed by atoms with Gasteiger partial charge in [0.05, 0.1) is 11.4 Å². The summed E-state index contributed by atoms with van der Waals surface area (Å²) in [5.74, 6) is 1.69. The maximum atomic E-state index is 7.13. The number of hydrogen-bond acceptors (Lipinski definition) is 3. The lowest BCUT2D eigenvalue weighted by Gasteiger charge is -2.30. The van der Waals surface area contributed by atoms with Gasteiger partial charge in [-0.1, -0.05) is 194 Å². The number of benzene rings is 12. The van der Waals surface area contributed by atoms with Gasteiger partial charge in [-0.05, 0) is 122 Å².